The second kappa shape index (κ2) is 6.05. The summed E-state index contributed by atoms with van der Waals surface area (Å²) < 4.78 is 0. The van der Waals surface area contributed by atoms with Crippen molar-refractivity contribution in [3.05, 3.63) is 34.3 Å². The minimum absolute atomic E-state index is 0.292. The third kappa shape index (κ3) is 3.36. The minimum atomic E-state index is 0.292. The Hall–Kier alpha value is -0.570. The number of nitrogens with two attached hydrogens (primary N) is 1. The molecule has 0 saturated carbocycles. The average molecular weight is 295 g/mol. The molecule has 2 rings (SSSR count). The number of nitrogens with zero attached hydrogens (tertiary/aromatic N) is 1. The summed E-state index contributed by atoms with van der Waals surface area (Å²) in [5.74, 6) is 0.748. The summed E-state index contributed by atoms with van der Waals surface area (Å²) >= 11 is 6.26. The van der Waals surface area contributed by atoms with Crippen molar-refractivity contribution in [2.24, 2.45) is 17.1 Å². The highest BCUT2D eigenvalue weighted by Gasteiger charge is 2.34. The van der Waals surface area contributed by atoms with E-state index in [4.69, 9.17) is 17.3 Å². The van der Waals surface area contributed by atoms with Crippen LogP contribution >= 0.6 is 11.6 Å². The highest BCUT2D eigenvalue weighted by Crippen LogP contribution is 2.37. The molecule has 1 saturated heterocycles. The van der Waals surface area contributed by atoms with Crippen molar-refractivity contribution in [2.45, 2.75) is 40.2 Å². The van der Waals surface area contributed by atoms with E-state index in [9.17, 15) is 0 Å². The molecule has 112 valence electrons. The van der Waals surface area contributed by atoms with E-state index < -0.39 is 0 Å². The Morgan fingerprint density at radius 1 is 1.40 bits per heavy atom. The first-order valence-corrected chi connectivity index (χ1v) is 7.91. The van der Waals surface area contributed by atoms with Gasteiger partial charge >= 0.3 is 0 Å². The summed E-state index contributed by atoms with van der Waals surface area (Å²) in [7, 11) is 0. The highest BCUT2D eigenvalue weighted by molar-refractivity contribution is 6.31. The Morgan fingerprint density at radius 2 is 2.10 bits per heavy atom. The van der Waals surface area contributed by atoms with Crippen LogP contribution in [-0.2, 0) is 0 Å². The molecule has 0 aliphatic carbocycles. The molecule has 0 radical (unpaired) electrons. The van der Waals surface area contributed by atoms with Crippen LogP contribution in [0, 0.1) is 18.3 Å². The molecule has 1 aromatic carbocycles. The van der Waals surface area contributed by atoms with E-state index in [1.165, 1.54) is 12.0 Å². The number of benzene rings is 1. The third-order valence-electron chi connectivity index (χ3n) is 4.69. The van der Waals surface area contributed by atoms with E-state index in [-0.39, 0.29) is 0 Å². The molecule has 1 aromatic rings. The summed E-state index contributed by atoms with van der Waals surface area (Å²) in [5.41, 5.74) is 8.79. The topological polar surface area (TPSA) is 29.3 Å². The first kappa shape index (κ1) is 15.8. The standard InChI is InChI=1S/C17H27ClN2/c1-12-5-6-13(9-15(12)18)16(10-19)20-8-7-14(11-20)17(2,3)4/h5-6,9,14,16H,7-8,10-11,19H2,1-4H3. The van der Waals surface area contributed by atoms with E-state index in [0.717, 1.165) is 29.6 Å². The van der Waals surface area contributed by atoms with Crippen molar-refractivity contribution in [3.8, 4) is 0 Å². The van der Waals surface area contributed by atoms with Crippen LogP contribution in [-0.4, -0.2) is 24.5 Å². The molecular weight excluding hydrogens is 268 g/mol. The maximum Gasteiger partial charge on any atom is 0.0471 e. The van der Waals surface area contributed by atoms with Crippen molar-refractivity contribution in [2.75, 3.05) is 19.6 Å². The van der Waals surface area contributed by atoms with Crippen LogP contribution in [0.2, 0.25) is 5.02 Å². The Balaban J connectivity index is 2.15. The Morgan fingerprint density at radius 3 is 2.60 bits per heavy atom. The number of hydrogen-bond acceptors (Lipinski definition) is 2. The van der Waals surface area contributed by atoms with Gasteiger partial charge in [-0.3, -0.25) is 4.90 Å². The summed E-state index contributed by atoms with van der Waals surface area (Å²) in [4.78, 5) is 2.52. The minimum Gasteiger partial charge on any atom is -0.329 e. The molecule has 2 unspecified atom stereocenters. The molecule has 0 aromatic heterocycles. The normalized spacial score (nSPS) is 22.2. The molecule has 0 amide bonds. The molecular formula is C17H27ClN2. The largest absolute Gasteiger partial charge is 0.329 e. The average Bonchev–Trinajstić information content (AvgIpc) is 2.84. The fourth-order valence-electron chi connectivity index (χ4n) is 3.09. The lowest BCUT2D eigenvalue weighted by molar-refractivity contribution is 0.197. The molecule has 1 aliphatic rings. The molecule has 0 spiro atoms. The maximum atomic E-state index is 6.26. The van der Waals surface area contributed by atoms with Gasteiger partial charge in [0.05, 0.1) is 0 Å². The van der Waals surface area contributed by atoms with Gasteiger partial charge in [0.1, 0.15) is 0 Å². The Labute approximate surface area is 128 Å². The van der Waals surface area contributed by atoms with Crippen LogP contribution in [0.5, 0.6) is 0 Å². The van der Waals surface area contributed by atoms with Gasteiger partial charge in [-0.15, -0.1) is 0 Å². The van der Waals surface area contributed by atoms with Crippen LogP contribution < -0.4 is 5.73 Å². The maximum absolute atomic E-state index is 6.26. The molecule has 3 heteroatoms. The van der Waals surface area contributed by atoms with Crippen LogP contribution in [0.3, 0.4) is 0 Å². The van der Waals surface area contributed by atoms with Gasteiger partial charge in [-0.1, -0.05) is 44.5 Å². The lowest BCUT2D eigenvalue weighted by Gasteiger charge is -2.30. The van der Waals surface area contributed by atoms with Gasteiger partial charge in [0, 0.05) is 24.2 Å². The Bertz CT molecular complexity index is 465. The van der Waals surface area contributed by atoms with Gasteiger partial charge in [0.25, 0.3) is 0 Å². The molecule has 1 fully saturated rings. The number of aryl methyl sites for hydroxylation is 1. The van der Waals surface area contributed by atoms with E-state index in [1.54, 1.807) is 0 Å². The first-order valence-electron chi connectivity index (χ1n) is 7.53. The predicted octanol–water partition coefficient (Wildman–Crippen LogP) is 4.02. The Kier molecular flexibility index (Phi) is 4.78. The quantitative estimate of drug-likeness (QED) is 0.912. The van der Waals surface area contributed by atoms with Gasteiger partial charge in [0.15, 0.2) is 0 Å². The number of hydrogen-bond donors (Lipinski definition) is 1. The van der Waals surface area contributed by atoms with E-state index >= 15 is 0 Å². The highest BCUT2D eigenvalue weighted by atomic mass is 35.5. The molecule has 2 atom stereocenters. The summed E-state index contributed by atoms with van der Waals surface area (Å²) in [6.45, 7) is 12.0. The van der Waals surface area contributed by atoms with Crippen LogP contribution in [0.4, 0.5) is 0 Å². The first-order chi connectivity index (χ1) is 9.32. The van der Waals surface area contributed by atoms with Crippen molar-refractivity contribution >= 4 is 11.6 Å². The zero-order valence-electron chi connectivity index (χ0n) is 13.1. The van der Waals surface area contributed by atoms with Gasteiger partial charge in [-0.25, -0.2) is 0 Å². The lowest BCUT2D eigenvalue weighted by atomic mass is 9.80. The van der Waals surface area contributed by atoms with Crippen LogP contribution in [0.1, 0.15) is 44.4 Å². The smallest absolute Gasteiger partial charge is 0.0471 e. The van der Waals surface area contributed by atoms with Crippen molar-refractivity contribution in [1.82, 2.24) is 4.90 Å². The number of rotatable bonds is 3. The van der Waals surface area contributed by atoms with Gasteiger partial charge in [-0.05, 0) is 48.4 Å². The van der Waals surface area contributed by atoms with E-state index in [1.807, 2.05) is 6.92 Å². The van der Waals surface area contributed by atoms with E-state index in [2.05, 4.69) is 43.9 Å². The zero-order chi connectivity index (χ0) is 14.9. The molecule has 1 heterocycles. The second-order valence-electron chi connectivity index (χ2n) is 7.11. The number of likely N-dealkylation sites (tertiary alicyclic amines) is 1. The van der Waals surface area contributed by atoms with Crippen LogP contribution in [0.15, 0.2) is 18.2 Å². The fraction of sp³-hybridized carbons (Fsp3) is 0.647. The second-order valence-corrected chi connectivity index (χ2v) is 7.51. The summed E-state index contributed by atoms with van der Waals surface area (Å²) in [6.07, 6.45) is 1.26. The molecule has 1 aliphatic heterocycles. The monoisotopic (exact) mass is 294 g/mol. The van der Waals surface area contributed by atoms with Crippen molar-refractivity contribution < 1.29 is 0 Å². The SMILES string of the molecule is Cc1ccc(C(CN)N2CCC(C(C)(C)C)C2)cc1Cl. The fourth-order valence-corrected chi connectivity index (χ4v) is 3.28. The predicted molar refractivity (Wildman–Crippen MR) is 87.1 cm³/mol. The molecule has 2 N–H and O–H groups in total. The molecule has 20 heavy (non-hydrogen) atoms. The molecule has 0 bridgehead atoms. The van der Waals surface area contributed by atoms with Crippen LogP contribution in [0.25, 0.3) is 0 Å². The number of halogens is 1. The summed E-state index contributed by atoms with van der Waals surface area (Å²) in [5, 5.41) is 0.840. The van der Waals surface area contributed by atoms with Gasteiger partial charge in [-0.2, -0.15) is 0 Å². The summed E-state index contributed by atoms with van der Waals surface area (Å²) in [6, 6.07) is 6.64. The third-order valence-corrected chi connectivity index (χ3v) is 5.10. The zero-order valence-corrected chi connectivity index (χ0v) is 13.9. The van der Waals surface area contributed by atoms with Gasteiger partial charge < -0.3 is 5.73 Å². The van der Waals surface area contributed by atoms with Gasteiger partial charge in [0.2, 0.25) is 0 Å². The van der Waals surface area contributed by atoms with E-state index in [0.29, 0.717) is 18.0 Å². The van der Waals surface area contributed by atoms with Crippen molar-refractivity contribution in [3.63, 3.8) is 0 Å². The van der Waals surface area contributed by atoms with Crippen molar-refractivity contribution in [1.29, 1.82) is 0 Å². The lowest BCUT2D eigenvalue weighted by Crippen LogP contribution is -2.33. The molecule has 2 nitrogen and oxygen atoms in total.